The molecule has 0 radical (unpaired) electrons. The lowest BCUT2D eigenvalue weighted by Crippen LogP contribution is -2.49. The SMILES string of the molecule is COc1cc(C)ccc1OCCCC(C)(N)C(N)=O. The van der Waals surface area contributed by atoms with Crippen molar-refractivity contribution in [1.82, 2.24) is 0 Å². The number of ether oxygens (including phenoxy) is 2. The fraction of sp³-hybridized carbons (Fsp3) is 0.500. The third kappa shape index (κ3) is 4.44. The highest BCUT2D eigenvalue weighted by Gasteiger charge is 2.24. The van der Waals surface area contributed by atoms with Gasteiger partial charge in [0.15, 0.2) is 11.5 Å². The first-order chi connectivity index (χ1) is 8.86. The lowest BCUT2D eigenvalue weighted by molar-refractivity contribution is -0.122. The average Bonchev–Trinajstić information content (AvgIpc) is 2.35. The van der Waals surface area contributed by atoms with Crippen LogP contribution in [0.15, 0.2) is 18.2 Å². The molecule has 0 saturated heterocycles. The van der Waals surface area contributed by atoms with Crippen LogP contribution in [0.4, 0.5) is 0 Å². The molecule has 0 aliphatic rings. The highest BCUT2D eigenvalue weighted by molar-refractivity contribution is 5.83. The highest BCUT2D eigenvalue weighted by atomic mass is 16.5. The maximum atomic E-state index is 11.1. The maximum Gasteiger partial charge on any atom is 0.237 e. The molecular weight excluding hydrogens is 244 g/mol. The Bertz CT molecular complexity index is 444. The van der Waals surface area contributed by atoms with Gasteiger partial charge in [-0.05, 0) is 44.4 Å². The lowest BCUT2D eigenvalue weighted by atomic mass is 9.97. The van der Waals surface area contributed by atoms with Gasteiger partial charge in [0.2, 0.25) is 5.91 Å². The van der Waals surface area contributed by atoms with Gasteiger partial charge in [0.25, 0.3) is 0 Å². The van der Waals surface area contributed by atoms with Gasteiger partial charge >= 0.3 is 0 Å². The summed E-state index contributed by atoms with van der Waals surface area (Å²) in [6, 6.07) is 5.73. The number of carbonyl (C=O) groups is 1. The van der Waals surface area contributed by atoms with Crippen LogP contribution in [-0.4, -0.2) is 25.2 Å². The standard InChI is InChI=1S/C14H22N2O3/c1-10-5-6-11(12(9-10)18-3)19-8-4-7-14(2,16)13(15)17/h5-6,9H,4,7-8,16H2,1-3H3,(H2,15,17). The molecule has 0 bridgehead atoms. The normalized spacial score (nSPS) is 13.7. The van der Waals surface area contributed by atoms with Crippen LogP contribution in [0.5, 0.6) is 11.5 Å². The van der Waals surface area contributed by atoms with Gasteiger partial charge in [-0.25, -0.2) is 0 Å². The van der Waals surface area contributed by atoms with E-state index in [0.29, 0.717) is 30.9 Å². The van der Waals surface area contributed by atoms with E-state index in [2.05, 4.69) is 0 Å². The average molecular weight is 266 g/mol. The maximum absolute atomic E-state index is 11.1. The molecule has 1 rings (SSSR count). The first-order valence-electron chi connectivity index (χ1n) is 6.23. The van der Waals surface area contributed by atoms with Gasteiger partial charge in [0, 0.05) is 0 Å². The largest absolute Gasteiger partial charge is 0.493 e. The molecule has 19 heavy (non-hydrogen) atoms. The minimum atomic E-state index is -0.985. The zero-order valence-corrected chi connectivity index (χ0v) is 11.7. The number of rotatable bonds is 7. The van der Waals surface area contributed by atoms with E-state index in [1.807, 2.05) is 25.1 Å². The van der Waals surface area contributed by atoms with Crippen LogP contribution in [0, 0.1) is 6.92 Å². The number of hydrogen-bond donors (Lipinski definition) is 2. The van der Waals surface area contributed by atoms with E-state index in [1.54, 1.807) is 14.0 Å². The number of hydrogen-bond acceptors (Lipinski definition) is 4. The number of benzene rings is 1. The smallest absolute Gasteiger partial charge is 0.237 e. The second-order valence-corrected chi connectivity index (χ2v) is 4.89. The molecule has 1 aromatic carbocycles. The van der Waals surface area contributed by atoms with Gasteiger partial charge in [0.05, 0.1) is 19.3 Å². The summed E-state index contributed by atoms with van der Waals surface area (Å²) in [5, 5.41) is 0. The van der Waals surface area contributed by atoms with Crippen LogP contribution in [0.25, 0.3) is 0 Å². The van der Waals surface area contributed by atoms with Gasteiger partial charge in [0.1, 0.15) is 0 Å². The van der Waals surface area contributed by atoms with Crippen molar-refractivity contribution >= 4 is 5.91 Å². The quantitative estimate of drug-likeness (QED) is 0.729. The predicted molar refractivity (Wildman–Crippen MR) is 74.2 cm³/mol. The van der Waals surface area contributed by atoms with Crippen LogP contribution < -0.4 is 20.9 Å². The first kappa shape index (κ1) is 15.3. The zero-order valence-electron chi connectivity index (χ0n) is 11.7. The number of nitrogens with two attached hydrogens (primary N) is 2. The molecule has 1 amide bonds. The summed E-state index contributed by atoms with van der Waals surface area (Å²) >= 11 is 0. The Labute approximate surface area is 113 Å². The van der Waals surface area contributed by atoms with E-state index in [0.717, 1.165) is 5.56 Å². The van der Waals surface area contributed by atoms with Gasteiger partial charge in [-0.3, -0.25) is 4.79 Å². The Morgan fingerprint density at radius 1 is 1.37 bits per heavy atom. The Kier molecular flexibility index (Phi) is 5.18. The molecule has 1 atom stereocenters. The van der Waals surface area contributed by atoms with Crippen molar-refractivity contribution in [2.75, 3.05) is 13.7 Å². The third-order valence-electron chi connectivity index (χ3n) is 2.98. The summed E-state index contributed by atoms with van der Waals surface area (Å²) < 4.78 is 10.9. The third-order valence-corrected chi connectivity index (χ3v) is 2.98. The zero-order chi connectivity index (χ0) is 14.5. The lowest BCUT2D eigenvalue weighted by Gasteiger charge is -2.20. The fourth-order valence-electron chi connectivity index (χ4n) is 1.64. The molecule has 0 fully saturated rings. The second kappa shape index (κ2) is 6.43. The van der Waals surface area contributed by atoms with E-state index in [1.165, 1.54) is 0 Å². The van der Waals surface area contributed by atoms with Crippen molar-refractivity contribution in [2.24, 2.45) is 11.5 Å². The summed E-state index contributed by atoms with van der Waals surface area (Å²) in [5.41, 5.74) is 11.1. The van der Waals surface area contributed by atoms with Crippen LogP contribution in [0.3, 0.4) is 0 Å². The molecule has 5 heteroatoms. The molecule has 0 aromatic heterocycles. The molecule has 5 nitrogen and oxygen atoms in total. The van der Waals surface area contributed by atoms with Gasteiger partial charge in [-0.2, -0.15) is 0 Å². The van der Waals surface area contributed by atoms with E-state index < -0.39 is 11.4 Å². The fourth-order valence-corrected chi connectivity index (χ4v) is 1.64. The highest BCUT2D eigenvalue weighted by Crippen LogP contribution is 2.28. The van der Waals surface area contributed by atoms with Crippen LogP contribution in [0.1, 0.15) is 25.3 Å². The summed E-state index contributed by atoms with van der Waals surface area (Å²) in [6.07, 6.45) is 1.13. The number of primary amides is 1. The molecule has 0 saturated carbocycles. The minimum absolute atomic E-state index is 0.458. The summed E-state index contributed by atoms with van der Waals surface area (Å²) in [4.78, 5) is 11.1. The van der Waals surface area contributed by atoms with Crippen LogP contribution >= 0.6 is 0 Å². The van der Waals surface area contributed by atoms with Crippen molar-refractivity contribution in [2.45, 2.75) is 32.2 Å². The Morgan fingerprint density at radius 2 is 2.05 bits per heavy atom. The molecule has 0 aliphatic heterocycles. The number of aryl methyl sites for hydroxylation is 1. The summed E-state index contributed by atoms with van der Waals surface area (Å²) in [6.45, 7) is 4.07. The van der Waals surface area contributed by atoms with Gasteiger partial charge < -0.3 is 20.9 Å². The molecule has 0 spiro atoms. The van der Waals surface area contributed by atoms with E-state index in [-0.39, 0.29) is 0 Å². The summed E-state index contributed by atoms with van der Waals surface area (Å²) in [5.74, 6) is 0.886. The van der Waals surface area contributed by atoms with E-state index >= 15 is 0 Å². The second-order valence-electron chi connectivity index (χ2n) is 4.89. The van der Waals surface area contributed by atoms with Gasteiger partial charge in [-0.1, -0.05) is 6.07 Å². The molecule has 0 aliphatic carbocycles. The van der Waals surface area contributed by atoms with Crippen molar-refractivity contribution in [1.29, 1.82) is 0 Å². The number of amides is 1. The van der Waals surface area contributed by atoms with E-state index in [9.17, 15) is 4.79 Å². The Morgan fingerprint density at radius 3 is 2.63 bits per heavy atom. The minimum Gasteiger partial charge on any atom is -0.493 e. The molecule has 106 valence electrons. The monoisotopic (exact) mass is 266 g/mol. The molecule has 1 unspecified atom stereocenters. The van der Waals surface area contributed by atoms with Crippen molar-refractivity contribution in [3.05, 3.63) is 23.8 Å². The predicted octanol–water partition coefficient (Wildman–Crippen LogP) is 1.37. The van der Waals surface area contributed by atoms with Crippen LogP contribution in [0.2, 0.25) is 0 Å². The van der Waals surface area contributed by atoms with Gasteiger partial charge in [-0.15, -0.1) is 0 Å². The van der Waals surface area contributed by atoms with Crippen LogP contribution in [-0.2, 0) is 4.79 Å². The van der Waals surface area contributed by atoms with Crippen molar-refractivity contribution < 1.29 is 14.3 Å². The molecule has 0 heterocycles. The first-order valence-corrected chi connectivity index (χ1v) is 6.23. The van der Waals surface area contributed by atoms with E-state index in [4.69, 9.17) is 20.9 Å². The topological polar surface area (TPSA) is 87.6 Å². The Balaban J connectivity index is 2.48. The Hall–Kier alpha value is -1.75. The number of methoxy groups -OCH3 is 1. The molecule has 4 N–H and O–H groups in total. The molecule has 1 aromatic rings. The molecular formula is C14H22N2O3. The number of carbonyl (C=O) groups excluding carboxylic acids is 1. The summed E-state index contributed by atoms with van der Waals surface area (Å²) in [7, 11) is 1.60. The van der Waals surface area contributed by atoms with Crippen molar-refractivity contribution in [3.8, 4) is 11.5 Å². The van der Waals surface area contributed by atoms with Crippen molar-refractivity contribution in [3.63, 3.8) is 0 Å².